The molecule has 9 heteroatoms. The molecule has 2 amide bonds. The SMILES string of the molecule is CCc1cccc(CC)c1-n1nc2c(c1-c1cc(F)c(NC(N)=O)cc1F)CN(C(C)(C)c1ccccc1F)CC2. The minimum atomic E-state index is -0.992. The summed E-state index contributed by atoms with van der Waals surface area (Å²) in [7, 11) is 0. The van der Waals surface area contributed by atoms with Gasteiger partial charge in [-0.25, -0.2) is 22.6 Å². The molecular formula is C32H34F3N5O. The lowest BCUT2D eigenvalue weighted by Gasteiger charge is -2.41. The summed E-state index contributed by atoms with van der Waals surface area (Å²) in [5.41, 5.74) is 9.59. The van der Waals surface area contributed by atoms with Gasteiger partial charge >= 0.3 is 6.03 Å². The van der Waals surface area contributed by atoms with Crippen LogP contribution in [0.4, 0.5) is 23.7 Å². The first-order valence-electron chi connectivity index (χ1n) is 13.8. The third-order valence-corrected chi connectivity index (χ3v) is 8.10. The molecule has 1 aromatic heterocycles. The third kappa shape index (κ3) is 5.10. The second-order valence-corrected chi connectivity index (χ2v) is 10.8. The van der Waals surface area contributed by atoms with E-state index >= 15 is 8.78 Å². The molecule has 0 saturated carbocycles. The quantitative estimate of drug-likeness (QED) is 0.259. The number of nitrogens with two attached hydrogens (primary N) is 1. The van der Waals surface area contributed by atoms with Crippen LogP contribution in [0.3, 0.4) is 0 Å². The van der Waals surface area contributed by atoms with E-state index < -0.39 is 23.2 Å². The summed E-state index contributed by atoms with van der Waals surface area (Å²) < 4.78 is 47.8. The maximum Gasteiger partial charge on any atom is 0.316 e. The van der Waals surface area contributed by atoms with Gasteiger partial charge in [0.25, 0.3) is 0 Å². The smallest absolute Gasteiger partial charge is 0.316 e. The van der Waals surface area contributed by atoms with Crippen LogP contribution in [-0.4, -0.2) is 27.3 Å². The molecular weight excluding hydrogens is 527 g/mol. The number of primary amides is 1. The second kappa shape index (κ2) is 11.0. The predicted molar refractivity (Wildman–Crippen MR) is 154 cm³/mol. The van der Waals surface area contributed by atoms with Crippen LogP contribution < -0.4 is 11.1 Å². The van der Waals surface area contributed by atoms with Gasteiger partial charge in [0.1, 0.15) is 17.5 Å². The van der Waals surface area contributed by atoms with Crippen molar-refractivity contribution in [2.75, 3.05) is 11.9 Å². The van der Waals surface area contributed by atoms with Crippen LogP contribution >= 0.6 is 0 Å². The van der Waals surface area contributed by atoms with Gasteiger partial charge in [0.2, 0.25) is 0 Å². The maximum atomic E-state index is 15.9. The molecule has 6 nitrogen and oxygen atoms in total. The van der Waals surface area contributed by atoms with Gasteiger partial charge in [0.05, 0.1) is 22.8 Å². The Balaban J connectivity index is 1.74. The van der Waals surface area contributed by atoms with Crippen molar-refractivity contribution in [3.63, 3.8) is 0 Å². The number of para-hydroxylation sites is 1. The van der Waals surface area contributed by atoms with E-state index in [-0.39, 0.29) is 17.1 Å². The minimum Gasteiger partial charge on any atom is -0.351 e. The zero-order valence-electron chi connectivity index (χ0n) is 23.7. The summed E-state index contributed by atoms with van der Waals surface area (Å²) in [6.45, 7) is 8.98. The number of rotatable bonds is 7. The van der Waals surface area contributed by atoms with E-state index in [4.69, 9.17) is 10.8 Å². The molecule has 0 bridgehead atoms. The lowest BCUT2D eigenvalue weighted by Crippen LogP contribution is -2.44. The number of carbonyl (C=O) groups excluding carboxylic acids is 1. The largest absolute Gasteiger partial charge is 0.351 e. The van der Waals surface area contributed by atoms with E-state index in [2.05, 4.69) is 10.2 Å². The fourth-order valence-electron chi connectivity index (χ4n) is 5.86. The monoisotopic (exact) mass is 561 g/mol. The van der Waals surface area contributed by atoms with Gasteiger partial charge in [-0.1, -0.05) is 50.2 Å². The molecule has 0 atom stereocenters. The minimum absolute atomic E-state index is 0.0183. The molecule has 0 spiro atoms. The Bertz CT molecular complexity index is 1610. The van der Waals surface area contributed by atoms with Crippen molar-refractivity contribution in [3.8, 4) is 16.9 Å². The van der Waals surface area contributed by atoms with E-state index in [0.29, 0.717) is 30.8 Å². The van der Waals surface area contributed by atoms with Gasteiger partial charge in [0, 0.05) is 47.8 Å². The number of urea groups is 1. The van der Waals surface area contributed by atoms with Crippen LogP contribution in [0.2, 0.25) is 0 Å². The molecule has 214 valence electrons. The van der Waals surface area contributed by atoms with E-state index in [1.807, 2.05) is 52.0 Å². The molecule has 0 saturated heterocycles. The number of hydrogen-bond acceptors (Lipinski definition) is 3. The molecule has 41 heavy (non-hydrogen) atoms. The van der Waals surface area contributed by atoms with E-state index in [1.165, 1.54) is 6.07 Å². The standard InChI is InChI=1S/C32H34F3N5O/c1-5-19-10-9-11-20(6-2)29(19)40-30(21-16-26(35)28(17-25(21)34)37-31(36)41)22-18-39(15-14-27(22)38-40)32(3,4)23-12-7-8-13-24(23)33/h7-13,16-17H,5-6,14-15,18H2,1-4H3,(H3,36,37,41). The topological polar surface area (TPSA) is 76.2 Å². The zero-order valence-corrected chi connectivity index (χ0v) is 23.7. The van der Waals surface area contributed by atoms with Gasteiger partial charge in [-0.15, -0.1) is 0 Å². The number of carbonyl (C=O) groups is 1. The average Bonchev–Trinajstić information content (AvgIpc) is 3.32. The predicted octanol–water partition coefficient (Wildman–Crippen LogP) is 6.87. The summed E-state index contributed by atoms with van der Waals surface area (Å²) in [5.74, 6) is -1.84. The van der Waals surface area contributed by atoms with Crippen molar-refractivity contribution in [2.45, 2.75) is 59.0 Å². The molecule has 3 N–H and O–H groups in total. The Labute approximate surface area is 238 Å². The van der Waals surface area contributed by atoms with E-state index in [0.717, 1.165) is 53.0 Å². The normalized spacial score (nSPS) is 13.7. The molecule has 3 aromatic carbocycles. The molecule has 0 aliphatic carbocycles. The first kappa shape index (κ1) is 28.4. The van der Waals surface area contributed by atoms with Crippen LogP contribution in [0.15, 0.2) is 54.6 Å². The molecule has 5 rings (SSSR count). The highest BCUT2D eigenvalue weighted by Gasteiger charge is 2.37. The highest BCUT2D eigenvalue weighted by Crippen LogP contribution is 2.41. The molecule has 1 aliphatic heterocycles. The lowest BCUT2D eigenvalue weighted by atomic mass is 9.88. The van der Waals surface area contributed by atoms with Crippen LogP contribution in [-0.2, 0) is 31.3 Å². The number of halogens is 3. The molecule has 1 aliphatic rings. The number of aryl methyl sites for hydroxylation is 2. The Morgan fingerprint density at radius 1 is 0.976 bits per heavy atom. The van der Waals surface area contributed by atoms with Crippen molar-refractivity contribution < 1.29 is 18.0 Å². The Kier molecular flexibility index (Phi) is 7.66. The van der Waals surface area contributed by atoms with Crippen molar-refractivity contribution in [1.82, 2.24) is 14.7 Å². The van der Waals surface area contributed by atoms with Gasteiger partial charge in [-0.2, -0.15) is 5.10 Å². The number of anilines is 1. The first-order valence-corrected chi connectivity index (χ1v) is 13.8. The van der Waals surface area contributed by atoms with Crippen molar-refractivity contribution in [2.24, 2.45) is 5.73 Å². The van der Waals surface area contributed by atoms with Crippen molar-refractivity contribution in [1.29, 1.82) is 0 Å². The fraction of sp³-hybridized carbons (Fsp3) is 0.312. The number of amides is 2. The van der Waals surface area contributed by atoms with Gasteiger partial charge in [0.15, 0.2) is 0 Å². The Hall–Kier alpha value is -4.11. The first-order chi connectivity index (χ1) is 19.6. The lowest BCUT2D eigenvalue weighted by molar-refractivity contribution is 0.0994. The summed E-state index contributed by atoms with van der Waals surface area (Å²) in [6, 6.07) is 13.8. The van der Waals surface area contributed by atoms with E-state index in [1.54, 1.807) is 16.8 Å². The van der Waals surface area contributed by atoms with E-state index in [9.17, 15) is 9.18 Å². The summed E-state index contributed by atoms with van der Waals surface area (Å²) >= 11 is 0. The number of fused-ring (bicyclic) bond motifs is 1. The van der Waals surface area contributed by atoms with Gasteiger partial charge in [-0.05, 0) is 49.9 Å². The molecule has 0 fully saturated rings. The Morgan fingerprint density at radius 3 is 2.29 bits per heavy atom. The number of aromatic nitrogens is 2. The number of nitrogens with zero attached hydrogens (tertiary/aromatic N) is 3. The van der Waals surface area contributed by atoms with Gasteiger partial charge in [-0.3, -0.25) is 4.90 Å². The van der Waals surface area contributed by atoms with Crippen molar-refractivity contribution in [3.05, 3.63) is 100.0 Å². The number of nitrogens with one attached hydrogen (secondary N) is 1. The third-order valence-electron chi connectivity index (χ3n) is 8.10. The van der Waals surface area contributed by atoms with Crippen LogP contribution in [0, 0.1) is 17.5 Å². The highest BCUT2D eigenvalue weighted by atomic mass is 19.1. The highest BCUT2D eigenvalue weighted by molar-refractivity contribution is 5.88. The molecule has 2 heterocycles. The molecule has 0 radical (unpaired) electrons. The summed E-state index contributed by atoms with van der Waals surface area (Å²) in [5, 5.41) is 7.14. The maximum absolute atomic E-state index is 15.9. The fourth-order valence-corrected chi connectivity index (χ4v) is 5.86. The molecule has 4 aromatic rings. The van der Waals surface area contributed by atoms with Gasteiger partial charge < -0.3 is 11.1 Å². The van der Waals surface area contributed by atoms with Crippen LogP contribution in [0.1, 0.15) is 55.6 Å². The zero-order chi connectivity index (χ0) is 29.5. The number of benzene rings is 3. The van der Waals surface area contributed by atoms with Crippen molar-refractivity contribution >= 4 is 11.7 Å². The summed E-state index contributed by atoms with van der Waals surface area (Å²) in [6.07, 6.45) is 1.99. The summed E-state index contributed by atoms with van der Waals surface area (Å²) in [4.78, 5) is 13.5. The second-order valence-electron chi connectivity index (χ2n) is 10.8. The Morgan fingerprint density at radius 2 is 1.66 bits per heavy atom. The average molecular weight is 562 g/mol. The van der Waals surface area contributed by atoms with Crippen LogP contribution in [0.5, 0.6) is 0 Å². The van der Waals surface area contributed by atoms with Crippen LogP contribution in [0.25, 0.3) is 16.9 Å². The molecule has 0 unspecified atom stereocenters. The number of hydrogen-bond donors (Lipinski definition) is 2.